The van der Waals surface area contributed by atoms with Gasteiger partial charge < -0.3 is 5.11 Å². The number of alkyl halides is 3. The standard InChI is InChI=1S/C20H19F3O2/c1-19(2,3)15-9-7-13(8-10-15)17(12-18(24)25)14-5-4-6-16(11-14)20(21,22)23/h4-12H,1-3H3,(H,24,25)/b17-12+. The van der Waals surface area contributed by atoms with Crippen molar-refractivity contribution >= 4 is 11.5 Å². The smallest absolute Gasteiger partial charge is 0.416 e. The van der Waals surface area contributed by atoms with Crippen LogP contribution < -0.4 is 0 Å². The zero-order chi connectivity index (χ0) is 18.8. The van der Waals surface area contributed by atoms with E-state index in [9.17, 15) is 18.0 Å². The normalized spacial score (nSPS) is 13.0. The first-order chi connectivity index (χ1) is 11.5. The molecular formula is C20H19F3O2. The van der Waals surface area contributed by atoms with Crippen LogP contribution in [0.4, 0.5) is 13.2 Å². The van der Waals surface area contributed by atoms with Gasteiger partial charge in [0.2, 0.25) is 0 Å². The van der Waals surface area contributed by atoms with Crippen LogP contribution in [0.3, 0.4) is 0 Å². The van der Waals surface area contributed by atoms with E-state index in [1.165, 1.54) is 12.1 Å². The van der Waals surface area contributed by atoms with Crippen molar-refractivity contribution in [2.75, 3.05) is 0 Å². The lowest BCUT2D eigenvalue weighted by Crippen LogP contribution is -2.10. The zero-order valence-corrected chi connectivity index (χ0v) is 14.2. The molecule has 1 N–H and O–H groups in total. The highest BCUT2D eigenvalue weighted by molar-refractivity contribution is 5.95. The van der Waals surface area contributed by atoms with Crippen LogP contribution in [0.2, 0.25) is 0 Å². The van der Waals surface area contributed by atoms with Gasteiger partial charge in [0.25, 0.3) is 0 Å². The molecule has 2 nitrogen and oxygen atoms in total. The maximum absolute atomic E-state index is 12.9. The molecular weight excluding hydrogens is 329 g/mol. The van der Waals surface area contributed by atoms with E-state index in [-0.39, 0.29) is 16.6 Å². The predicted molar refractivity (Wildman–Crippen MR) is 91.3 cm³/mol. The lowest BCUT2D eigenvalue weighted by Gasteiger charge is -2.19. The molecule has 0 bridgehead atoms. The average molecular weight is 348 g/mol. The van der Waals surface area contributed by atoms with Crippen LogP contribution >= 0.6 is 0 Å². The van der Waals surface area contributed by atoms with Crippen LogP contribution in [0.5, 0.6) is 0 Å². The number of carboxylic acid groups (broad SMARTS) is 1. The molecule has 0 aliphatic heterocycles. The summed E-state index contributed by atoms with van der Waals surface area (Å²) < 4.78 is 38.8. The molecule has 0 saturated heterocycles. The molecule has 0 heterocycles. The first-order valence-corrected chi connectivity index (χ1v) is 7.71. The van der Waals surface area contributed by atoms with E-state index in [1.54, 1.807) is 12.1 Å². The van der Waals surface area contributed by atoms with Crippen LogP contribution in [0.1, 0.15) is 43.0 Å². The Labute approximate surface area is 144 Å². The summed E-state index contributed by atoms with van der Waals surface area (Å²) in [6, 6.07) is 11.9. The van der Waals surface area contributed by atoms with Crippen molar-refractivity contribution in [2.45, 2.75) is 32.4 Å². The maximum Gasteiger partial charge on any atom is 0.416 e. The second-order valence-corrected chi connectivity index (χ2v) is 6.80. The summed E-state index contributed by atoms with van der Waals surface area (Å²) in [7, 11) is 0. The second kappa shape index (κ2) is 6.75. The maximum atomic E-state index is 12.9. The summed E-state index contributed by atoms with van der Waals surface area (Å²) in [4.78, 5) is 11.2. The van der Waals surface area contributed by atoms with Gasteiger partial charge in [-0.2, -0.15) is 13.2 Å². The van der Waals surface area contributed by atoms with Gasteiger partial charge in [0, 0.05) is 6.08 Å². The highest BCUT2D eigenvalue weighted by Crippen LogP contribution is 2.33. The van der Waals surface area contributed by atoms with Gasteiger partial charge in [-0.1, -0.05) is 57.2 Å². The van der Waals surface area contributed by atoms with Crippen molar-refractivity contribution in [1.29, 1.82) is 0 Å². The number of hydrogen-bond donors (Lipinski definition) is 1. The van der Waals surface area contributed by atoms with E-state index in [0.717, 1.165) is 23.8 Å². The summed E-state index contributed by atoms with van der Waals surface area (Å²) in [6.45, 7) is 6.13. The number of halogens is 3. The summed E-state index contributed by atoms with van der Waals surface area (Å²) in [6.07, 6.45) is -3.55. The number of rotatable bonds is 3. The Kier molecular flexibility index (Phi) is 5.07. The lowest BCUT2D eigenvalue weighted by atomic mass is 9.85. The summed E-state index contributed by atoms with van der Waals surface area (Å²) in [5.41, 5.74) is 1.16. The Bertz CT molecular complexity index is 795. The number of aliphatic carboxylic acids is 1. The number of hydrogen-bond acceptors (Lipinski definition) is 1. The van der Waals surface area contributed by atoms with Crippen molar-refractivity contribution in [2.24, 2.45) is 0 Å². The topological polar surface area (TPSA) is 37.3 Å². The largest absolute Gasteiger partial charge is 0.478 e. The second-order valence-electron chi connectivity index (χ2n) is 6.80. The van der Waals surface area contributed by atoms with Crippen molar-refractivity contribution in [3.8, 4) is 0 Å². The molecule has 0 spiro atoms. The van der Waals surface area contributed by atoms with Crippen LogP contribution in [0, 0.1) is 0 Å². The molecule has 2 aromatic carbocycles. The first-order valence-electron chi connectivity index (χ1n) is 7.71. The molecule has 2 aromatic rings. The van der Waals surface area contributed by atoms with E-state index < -0.39 is 17.7 Å². The summed E-state index contributed by atoms with van der Waals surface area (Å²) in [5.74, 6) is -1.22. The monoisotopic (exact) mass is 348 g/mol. The van der Waals surface area contributed by atoms with Crippen LogP contribution in [0.15, 0.2) is 54.6 Å². The molecule has 0 aromatic heterocycles. The van der Waals surface area contributed by atoms with Gasteiger partial charge in [-0.05, 0) is 39.8 Å². The molecule has 0 atom stereocenters. The quantitative estimate of drug-likeness (QED) is 0.742. The van der Waals surface area contributed by atoms with Crippen LogP contribution in [0.25, 0.3) is 5.57 Å². The minimum atomic E-state index is -4.49. The highest BCUT2D eigenvalue weighted by atomic mass is 19.4. The highest BCUT2D eigenvalue weighted by Gasteiger charge is 2.30. The number of carbonyl (C=O) groups is 1. The van der Waals surface area contributed by atoms with Crippen molar-refractivity contribution in [3.05, 3.63) is 76.9 Å². The Morgan fingerprint density at radius 1 is 0.920 bits per heavy atom. The molecule has 0 aliphatic carbocycles. The third kappa shape index (κ3) is 4.72. The average Bonchev–Trinajstić information content (AvgIpc) is 2.51. The molecule has 25 heavy (non-hydrogen) atoms. The Morgan fingerprint density at radius 2 is 1.52 bits per heavy atom. The SMILES string of the molecule is CC(C)(C)c1ccc(/C(=C\C(=O)O)c2cccc(C(F)(F)F)c2)cc1. The molecule has 132 valence electrons. The van der Waals surface area contributed by atoms with E-state index in [1.807, 2.05) is 32.9 Å². The molecule has 5 heteroatoms. The summed E-state index contributed by atoms with van der Waals surface area (Å²) in [5, 5.41) is 9.12. The minimum Gasteiger partial charge on any atom is -0.478 e. The van der Waals surface area contributed by atoms with Gasteiger partial charge in [0.15, 0.2) is 0 Å². The van der Waals surface area contributed by atoms with Gasteiger partial charge >= 0.3 is 12.1 Å². The fourth-order valence-electron chi connectivity index (χ4n) is 2.47. The van der Waals surface area contributed by atoms with Gasteiger partial charge in [0.1, 0.15) is 0 Å². The van der Waals surface area contributed by atoms with Gasteiger partial charge in [-0.15, -0.1) is 0 Å². The third-order valence-corrected chi connectivity index (χ3v) is 3.83. The Hall–Kier alpha value is -2.56. The number of benzene rings is 2. The van der Waals surface area contributed by atoms with E-state index in [0.29, 0.717) is 5.56 Å². The van der Waals surface area contributed by atoms with Crippen molar-refractivity contribution < 1.29 is 23.1 Å². The van der Waals surface area contributed by atoms with E-state index in [2.05, 4.69) is 0 Å². The van der Waals surface area contributed by atoms with E-state index in [4.69, 9.17) is 5.11 Å². The molecule has 0 saturated carbocycles. The fourth-order valence-corrected chi connectivity index (χ4v) is 2.47. The van der Waals surface area contributed by atoms with Crippen molar-refractivity contribution in [3.63, 3.8) is 0 Å². The fraction of sp³-hybridized carbons (Fsp3) is 0.250. The van der Waals surface area contributed by atoms with Crippen LogP contribution in [-0.4, -0.2) is 11.1 Å². The minimum absolute atomic E-state index is 0.0780. The summed E-state index contributed by atoms with van der Waals surface area (Å²) >= 11 is 0. The molecule has 0 radical (unpaired) electrons. The Balaban J connectivity index is 2.54. The van der Waals surface area contributed by atoms with Crippen LogP contribution in [-0.2, 0) is 16.4 Å². The first kappa shape index (κ1) is 18.8. The van der Waals surface area contributed by atoms with Gasteiger partial charge in [-0.3, -0.25) is 0 Å². The van der Waals surface area contributed by atoms with Gasteiger partial charge in [-0.25, -0.2) is 4.79 Å². The third-order valence-electron chi connectivity index (χ3n) is 3.83. The van der Waals surface area contributed by atoms with Gasteiger partial charge in [0.05, 0.1) is 5.56 Å². The Morgan fingerprint density at radius 3 is 2.00 bits per heavy atom. The van der Waals surface area contributed by atoms with E-state index >= 15 is 0 Å². The van der Waals surface area contributed by atoms with Crippen molar-refractivity contribution in [1.82, 2.24) is 0 Å². The molecule has 0 amide bonds. The molecule has 0 unspecified atom stereocenters. The molecule has 0 aliphatic rings. The lowest BCUT2D eigenvalue weighted by molar-refractivity contribution is -0.137. The number of carboxylic acids is 1. The predicted octanol–water partition coefficient (Wildman–Crippen LogP) is 5.52. The molecule has 2 rings (SSSR count). The molecule has 0 fully saturated rings. The zero-order valence-electron chi connectivity index (χ0n) is 14.2.